The minimum absolute atomic E-state index is 0.117. The van der Waals surface area contributed by atoms with Gasteiger partial charge in [0.2, 0.25) is 0 Å². The van der Waals surface area contributed by atoms with Crippen molar-refractivity contribution in [3.63, 3.8) is 0 Å². The van der Waals surface area contributed by atoms with E-state index in [4.69, 9.17) is 4.42 Å². The Morgan fingerprint density at radius 2 is 2.10 bits per heavy atom. The Hall–Kier alpha value is -3.61. The molecular formula is C23H23N5O2. The lowest BCUT2D eigenvalue weighted by Gasteiger charge is -2.27. The second-order valence-electron chi connectivity index (χ2n) is 7.65. The summed E-state index contributed by atoms with van der Waals surface area (Å²) >= 11 is 0. The molecule has 152 valence electrons. The van der Waals surface area contributed by atoms with Gasteiger partial charge in [0.1, 0.15) is 11.6 Å². The van der Waals surface area contributed by atoms with Crippen LogP contribution in [0.15, 0.2) is 65.5 Å². The molecule has 1 aromatic carbocycles. The smallest absolute Gasteiger partial charge is 0.292 e. The van der Waals surface area contributed by atoms with Crippen LogP contribution in [-0.4, -0.2) is 25.5 Å². The van der Waals surface area contributed by atoms with Gasteiger partial charge in [-0.2, -0.15) is 10.2 Å². The quantitative estimate of drug-likeness (QED) is 0.543. The molecule has 1 unspecified atom stereocenters. The second-order valence-corrected chi connectivity index (χ2v) is 7.65. The number of fused-ring (bicyclic) bond motifs is 1. The molecule has 30 heavy (non-hydrogen) atoms. The molecule has 0 bridgehead atoms. The number of carbonyl (C=O) groups excluding carboxylic acids is 1. The van der Waals surface area contributed by atoms with Gasteiger partial charge >= 0.3 is 0 Å². The summed E-state index contributed by atoms with van der Waals surface area (Å²) in [7, 11) is 0. The van der Waals surface area contributed by atoms with Crippen LogP contribution in [0.3, 0.4) is 0 Å². The first-order valence-electron chi connectivity index (χ1n) is 10.2. The van der Waals surface area contributed by atoms with E-state index in [9.17, 15) is 4.79 Å². The van der Waals surface area contributed by atoms with E-state index >= 15 is 0 Å². The Kier molecular flexibility index (Phi) is 4.71. The highest BCUT2D eigenvalue weighted by Crippen LogP contribution is 2.35. The Morgan fingerprint density at radius 1 is 1.20 bits per heavy atom. The summed E-state index contributed by atoms with van der Waals surface area (Å²) in [5.41, 5.74) is 3.56. The lowest BCUT2D eigenvalue weighted by Crippen LogP contribution is -2.22. The molecule has 0 saturated carbocycles. The van der Waals surface area contributed by atoms with Crippen molar-refractivity contribution < 1.29 is 9.21 Å². The van der Waals surface area contributed by atoms with Crippen LogP contribution < -0.4 is 5.32 Å². The molecule has 0 fully saturated rings. The predicted molar refractivity (Wildman–Crippen MR) is 112 cm³/mol. The first kappa shape index (κ1) is 18.4. The summed E-state index contributed by atoms with van der Waals surface area (Å²) in [6.45, 7) is 2.44. The maximum Gasteiger partial charge on any atom is 0.292 e. The van der Waals surface area contributed by atoms with Crippen LogP contribution >= 0.6 is 0 Å². The maximum absolute atomic E-state index is 12.9. The van der Waals surface area contributed by atoms with E-state index < -0.39 is 0 Å². The molecule has 7 nitrogen and oxygen atoms in total. The van der Waals surface area contributed by atoms with E-state index in [1.807, 2.05) is 23.9 Å². The number of anilines is 1. The molecule has 1 N–H and O–H groups in total. The largest absolute Gasteiger partial charge is 0.454 e. The van der Waals surface area contributed by atoms with Crippen molar-refractivity contribution >= 4 is 11.7 Å². The van der Waals surface area contributed by atoms with Gasteiger partial charge in [0, 0.05) is 18.0 Å². The summed E-state index contributed by atoms with van der Waals surface area (Å²) in [4.78, 5) is 12.9. The third-order valence-electron chi connectivity index (χ3n) is 5.61. The normalized spacial score (nSPS) is 15.7. The summed E-state index contributed by atoms with van der Waals surface area (Å²) in [6, 6.07) is 14.0. The second kappa shape index (κ2) is 7.67. The number of carbonyl (C=O) groups is 1. The van der Waals surface area contributed by atoms with Crippen molar-refractivity contribution in [2.75, 3.05) is 5.32 Å². The van der Waals surface area contributed by atoms with Crippen molar-refractivity contribution in [1.29, 1.82) is 0 Å². The molecule has 4 aromatic rings. The third kappa shape index (κ3) is 3.43. The number of hydrogen-bond acceptors (Lipinski definition) is 4. The maximum atomic E-state index is 12.9. The Labute approximate surface area is 174 Å². The fraction of sp³-hybridized carbons (Fsp3) is 0.261. The zero-order chi connectivity index (χ0) is 20.5. The van der Waals surface area contributed by atoms with Crippen LogP contribution in [0, 0.1) is 6.92 Å². The van der Waals surface area contributed by atoms with Crippen molar-refractivity contribution in [3.05, 3.63) is 89.3 Å². The zero-order valence-corrected chi connectivity index (χ0v) is 16.8. The van der Waals surface area contributed by atoms with Gasteiger partial charge in [-0.15, -0.1) is 0 Å². The minimum Gasteiger partial charge on any atom is -0.454 e. The zero-order valence-electron chi connectivity index (χ0n) is 16.8. The number of hydrogen-bond donors (Lipinski definition) is 1. The van der Waals surface area contributed by atoms with Gasteiger partial charge in [-0.05, 0) is 55.5 Å². The first-order valence-corrected chi connectivity index (χ1v) is 10.2. The molecule has 0 aliphatic heterocycles. The van der Waals surface area contributed by atoms with E-state index in [1.54, 1.807) is 29.2 Å². The van der Waals surface area contributed by atoms with Crippen molar-refractivity contribution in [1.82, 2.24) is 19.6 Å². The van der Waals surface area contributed by atoms with Crippen LogP contribution in [-0.2, 0) is 13.0 Å². The van der Waals surface area contributed by atoms with Crippen LogP contribution in [0.2, 0.25) is 0 Å². The topological polar surface area (TPSA) is 77.9 Å². The van der Waals surface area contributed by atoms with Gasteiger partial charge in [-0.25, -0.2) is 4.68 Å². The van der Waals surface area contributed by atoms with Crippen LogP contribution in [0.4, 0.5) is 5.82 Å². The number of rotatable bonds is 5. The molecule has 1 aliphatic carbocycles. The van der Waals surface area contributed by atoms with Gasteiger partial charge in [0.05, 0.1) is 18.8 Å². The highest BCUT2D eigenvalue weighted by Gasteiger charge is 2.26. The number of benzene rings is 1. The van der Waals surface area contributed by atoms with Crippen LogP contribution in [0.5, 0.6) is 0 Å². The fourth-order valence-corrected chi connectivity index (χ4v) is 4.13. The summed E-state index contributed by atoms with van der Waals surface area (Å²) < 4.78 is 9.44. The summed E-state index contributed by atoms with van der Waals surface area (Å²) in [6.07, 6.45) is 8.55. The Balaban J connectivity index is 1.38. The van der Waals surface area contributed by atoms with Crippen LogP contribution in [0.1, 0.15) is 51.9 Å². The summed E-state index contributed by atoms with van der Waals surface area (Å²) in [5, 5.41) is 11.8. The number of furan rings is 1. The third-order valence-corrected chi connectivity index (χ3v) is 5.61. The highest BCUT2D eigenvalue weighted by atomic mass is 16.4. The van der Waals surface area contributed by atoms with Gasteiger partial charge in [-0.1, -0.05) is 24.3 Å². The number of aromatic nitrogens is 4. The molecule has 1 aliphatic rings. The molecule has 3 aromatic heterocycles. The standard InChI is InChI=1S/C23H23N5O2/c1-16-14-25-28(20-9-4-7-17-6-2-3-8-19(17)20)22(16)26-23(29)21-11-10-18(30-21)15-27-13-5-12-24-27/h2-3,5-6,8,10-14,20H,4,7,9,15H2,1H3,(H,26,29). The molecule has 0 saturated heterocycles. The number of aryl methyl sites for hydroxylation is 2. The van der Waals surface area contributed by atoms with Crippen LogP contribution in [0.25, 0.3) is 0 Å². The van der Waals surface area contributed by atoms with Crippen molar-refractivity contribution in [3.8, 4) is 0 Å². The fourth-order valence-electron chi connectivity index (χ4n) is 4.13. The molecule has 1 atom stereocenters. The molecule has 1 amide bonds. The van der Waals surface area contributed by atoms with E-state index in [1.165, 1.54) is 11.1 Å². The number of nitrogens with one attached hydrogen (secondary N) is 1. The molecular weight excluding hydrogens is 378 g/mol. The first-order chi connectivity index (χ1) is 14.7. The van der Waals surface area contributed by atoms with E-state index in [0.29, 0.717) is 18.1 Å². The highest BCUT2D eigenvalue weighted by molar-refractivity contribution is 6.02. The molecule has 0 radical (unpaired) electrons. The van der Waals surface area contributed by atoms with E-state index in [-0.39, 0.29) is 17.7 Å². The van der Waals surface area contributed by atoms with Gasteiger partial charge < -0.3 is 9.73 Å². The van der Waals surface area contributed by atoms with Crippen molar-refractivity contribution in [2.45, 2.75) is 38.8 Å². The minimum atomic E-state index is -0.282. The molecule has 0 spiro atoms. The Bertz CT molecular complexity index is 1170. The average Bonchev–Trinajstić information content (AvgIpc) is 3.51. The number of nitrogens with zero attached hydrogens (tertiary/aromatic N) is 4. The lowest BCUT2D eigenvalue weighted by molar-refractivity contribution is 0.0993. The molecule has 7 heteroatoms. The van der Waals surface area contributed by atoms with Gasteiger partial charge in [0.25, 0.3) is 5.91 Å². The Morgan fingerprint density at radius 3 is 2.97 bits per heavy atom. The summed E-state index contributed by atoms with van der Waals surface area (Å²) in [5.74, 6) is 1.38. The van der Waals surface area contributed by atoms with Crippen molar-refractivity contribution in [2.24, 2.45) is 0 Å². The predicted octanol–water partition coefficient (Wildman–Crippen LogP) is 4.21. The van der Waals surface area contributed by atoms with Gasteiger partial charge in [0.15, 0.2) is 5.76 Å². The molecule has 5 rings (SSSR count). The molecule has 3 heterocycles. The average molecular weight is 401 g/mol. The van der Waals surface area contributed by atoms with Gasteiger partial charge in [-0.3, -0.25) is 9.48 Å². The SMILES string of the molecule is Cc1cnn(C2CCCc3ccccc32)c1NC(=O)c1ccc(Cn2cccn2)o1. The van der Waals surface area contributed by atoms with E-state index in [2.05, 4.69) is 39.8 Å². The number of amides is 1. The lowest BCUT2D eigenvalue weighted by atomic mass is 9.88. The van der Waals surface area contributed by atoms with E-state index in [0.717, 1.165) is 24.8 Å². The monoisotopic (exact) mass is 401 g/mol.